The predicted molar refractivity (Wildman–Crippen MR) is 102 cm³/mol. The van der Waals surface area contributed by atoms with Gasteiger partial charge in [0.25, 0.3) is 5.91 Å². The molecule has 3 rings (SSSR count). The van der Waals surface area contributed by atoms with E-state index in [0.29, 0.717) is 5.75 Å². The summed E-state index contributed by atoms with van der Waals surface area (Å²) < 4.78 is 10.7. The van der Waals surface area contributed by atoms with Gasteiger partial charge in [-0.05, 0) is 31.4 Å². The van der Waals surface area contributed by atoms with Crippen LogP contribution in [0, 0.1) is 0 Å². The zero-order valence-corrected chi connectivity index (χ0v) is 15.7. The summed E-state index contributed by atoms with van der Waals surface area (Å²) >= 11 is 0. The summed E-state index contributed by atoms with van der Waals surface area (Å²) in [4.78, 5) is 25.0. The lowest BCUT2D eigenvalue weighted by Crippen LogP contribution is -2.45. The second kappa shape index (κ2) is 8.25. The van der Waals surface area contributed by atoms with Crippen molar-refractivity contribution in [2.45, 2.75) is 37.6 Å². The summed E-state index contributed by atoms with van der Waals surface area (Å²) in [5.41, 5.74) is 1.24. The van der Waals surface area contributed by atoms with Crippen molar-refractivity contribution in [1.82, 2.24) is 5.32 Å². The minimum absolute atomic E-state index is 0.251. The van der Waals surface area contributed by atoms with Crippen molar-refractivity contribution in [3.63, 3.8) is 0 Å². The number of carbonyl (C=O) groups is 2. The van der Waals surface area contributed by atoms with Crippen molar-refractivity contribution >= 4 is 11.9 Å². The Morgan fingerprint density at radius 2 is 1.74 bits per heavy atom. The lowest BCUT2D eigenvalue weighted by Gasteiger charge is -2.39. The Kier molecular flexibility index (Phi) is 5.79. The Labute approximate surface area is 159 Å². The molecule has 0 aromatic heterocycles. The van der Waals surface area contributed by atoms with Crippen LogP contribution >= 0.6 is 0 Å². The first-order valence-electron chi connectivity index (χ1n) is 9.22. The number of hydrogen-bond donors (Lipinski definition) is 1. The average Bonchev–Trinajstić information content (AvgIpc) is 2.66. The smallest absolute Gasteiger partial charge is 0.317 e. The third-order valence-corrected chi connectivity index (χ3v) is 5.24. The lowest BCUT2D eigenvalue weighted by molar-refractivity contribution is -0.157. The first kappa shape index (κ1) is 19.0. The molecule has 1 aliphatic carbocycles. The van der Waals surface area contributed by atoms with Gasteiger partial charge >= 0.3 is 5.97 Å². The van der Waals surface area contributed by atoms with Gasteiger partial charge in [-0.3, -0.25) is 9.59 Å². The van der Waals surface area contributed by atoms with Gasteiger partial charge in [-0.15, -0.1) is 0 Å². The number of hydrogen-bond acceptors (Lipinski definition) is 4. The molecule has 142 valence electrons. The van der Waals surface area contributed by atoms with E-state index in [-0.39, 0.29) is 24.5 Å². The Balaban J connectivity index is 1.58. The van der Waals surface area contributed by atoms with E-state index in [1.54, 1.807) is 7.11 Å². The summed E-state index contributed by atoms with van der Waals surface area (Å²) in [5, 5.41) is 2.86. The highest BCUT2D eigenvalue weighted by Crippen LogP contribution is 2.44. The predicted octanol–water partition coefficient (Wildman–Crippen LogP) is 3.54. The number of methoxy groups -OCH3 is 1. The van der Waals surface area contributed by atoms with E-state index in [4.69, 9.17) is 9.47 Å². The standard InChI is InChI=1S/C22H25NO4/c1-16(18-11-6-7-12-19(18)26-2)23-20(24)15-27-21(25)22(13-8-14-22)17-9-4-3-5-10-17/h3-7,9-12,16H,8,13-15H2,1-2H3,(H,23,24). The number of ether oxygens (including phenoxy) is 2. The molecule has 0 bridgehead atoms. The van der Waals surface area contributed by atoms with Crippen LogP contribution in [0.15, 0.2) is 54.6 Å². The molecule has 1 fully saturated rings. The van der Waals surface area contributed by atoms with E-state index in [9.17, 15) is 9.59 Å². The molecule has 0 saturated heterocycles. The van der Waals surface area contributed by atoms with Gasteiger partial charge in [0.15, 0.2) is 6.61 Å². The summed E-state index contributed by atoms with van der Waals surface area (Å²) in [6, 6.07) is 16.9. The van der Waals surface area contributed by atoms with Crippen molar-refractivity contribution in [3.05, 3.63) is 65.7 Å². The van der Waals surface area contributed by atoms with Crippen LogP contribution in [-0.4, -0.2) is 25.6 Å². The van der Waals surface area contributed by atoms with Crippen LogP contribution in [-0.2, 0) is 19.7 Å². The Hall–Kier alpha value is -2.82. The van der Waals surface area contributed by atoms with Gasteiger partial charge < -0.3 is 14.8 Å². The molecule has 1 aliphatic rings. The molecular formula is C22H25NO4. The van der Waals surface area contributed by atoms with Crippen molar-refractivity contribution in [1.29, 1.82) is 0 Å². The Morgan fingerprint density at radius 1 is 1.07 bits per heavy atom. The first-order valence-corrected chi connectivity index (χ1v) is 9.22. The molecule has 1 atom stereocenters. The number of nitrogens with one attached hydrogen (secondary N) is 1. The SMILES string of the molecule is COc1ccccc1C(C)NC(=O)COC(=O)C1(c2ccccc2)CCC1. The third-order valence-electron chi connectivity index (χ3n) is 5.24. The molecule has 1 amide bonds. The lowest BCUT2D eigenvalue weighted by atomic mass is 9.64. The zero-order chi connectivity index (χ0) is 19.3. The van der Waals surface area contributed by atoms with E-state index in [2.05, 4.69) is 5.32 Å². The minimum atomic E-state index is -0.601. The fourth-order valence-electron chi connectivity index (χ4n) is 3.55. The molecule has 1 N–H and O–H groups in total. The van der Waals surface area contributed by atoms with Gasteiger partial charge in [0.2, 0.25) is 0 Å². The quantitative estimate of drug-likeness (QED) is 0.760. The second-order valence-electron chi connectivity index (χ2n) is 6.91. The number of para-hydroxylation sites is 1. The number of carbonyl (C=O) groups excluding carboxylic acids is 2. The van der Waals surface area contributed by atoms with Gasteiger partial charge in [0.05, 0.1) is 18.6 Å². The normalized spacial score (nSPS) is 15.9. The largest absolute Gasteiger partial charge is 0.496 e. The molecule has 0 radical (unpaired) electrons. The average molecular weight is 367 g/mol. The molecule has 5 heteroatoms. The van der Waals surface area contributed by atoms with Crippen LogP contribution in [0.4, 0.5) is 0 Å². The van der Waals surface area contributed by atoms with Gasteiger partial charge in [-0.25, -0.2) is 0 Å². The van der Waals surface area contributed by atoms with E-state index in [0.717, 1.165) is 30.4 Å². The summed E-state index contributed by atoms with van der Waals surface area (Å²) in [5.74, 6) is 0.0594. The van der Waals surface area contributed by atoms with Crippen molar-refractivity contribution in [2.75, 3.05) is 13.7 Å². The van der Waals surface area contributed by atoms with Crippen LogP contribution in [0.2, 0.25) is 0 Å². The van der Waals surface area contributed by atoms with Gasteiger partial charge in [0, 0.05) is 5.56 Å². The van der Waals surface area contributed by atoms with Gasteiger partial charge in [-0.2, -0.15) is 0 Å². The maximum Gasteiger partial charge on any atom is 0.317 e. The molecule has 5 nitrogen and oxygen atoms in total. The highest BCUT2D eigenvalue weighted by molar-refractivity contribution is 5.87. The van der Waals surface area contributed by atoms with E-state index in [1.165, 1.54) is 0 Å². The Morgan fingerprint density at radius 3 is 2.37 bits per heavy atom. The third kappa shape index (κ3) is 3.97. The van der Waals surface area contributed by atoms with Crippen LogP contribution in [0.5, 0.6) is 5.75 Å². The fraction of sp³-hybridized carbons (Fsp3) is 0.364. The molecule has 1 saturated carbocycles. The maximum absolute atomic E-state index is 12.7. The van der Waals surface area contributed by atoms with E-state index < -0.39 is 5.41 Å². The second-order valence-corrected chi connectivity index (χ2v) is 6.91. The molecule has 0 heterocycles. The van der Waals surface area contributed by atoms with Crippen LogP contribution < -0.4 is 10.1 Å². The van der Waals surface area contributed by atoms with Gasteiger partial charge in [0.1, 0.15) is 5.75 Å². The minimum Gasteiger partial charge on any atom is -0.496 e. The summed E-state index contributed by atoms with van der Waals surface area (Å²) in [6.07, 6.45) is 2.51. The fourth-order valence-corrected chi connectivity index (χ4v) is 3.55. The summed E-state index contributed by atoms with van der Waals surface area (Å²) in [7, 11) is 1.59. The molecule has 2 aromatic carbocycles. The van der Waals surface area contributed by atoms with Crippen molar-refractivity contribution in [2.24, 2.45) is 0 Å². The topological polar surface area (TPSA) is 64.6 Å². The molecular weight excluding hydrogens is 342 g/mol. The number of esters is 1. The monoisotopic (exact) mass is 367 g/mol. The maximum atomic E-state index is 12.7. The van der Waals surface area contributed by atoms with Crippen LogP contribution in [0.1, 0.15) is 43.4 Å². The number of rotatable bonds is 7. The molecule has 1 unspecified atom stereocenters. The van der Waals surface area contributed by atoms with E-state index in [1.807, 2.05) is 61.5 Å². The molecule has 2 aromatic rings. The molecule has 27 heavy (non-hydrogen) atoms. The summed E-state index contributed by atoms with van der Waals surface area (Å²) in [6.45, 7) is 1.59. The highest BCUT2D eigenvalue weighted by atomic mass is 16.5. The Bertz CT molecular complexity index is 799. The number of amides is 1. The van der Waals surface area contributed by atoms with Crippen molar-refractivity contribution < 1.29 is 19.1 Å². The van der Waals surface area contributed by atoms with Crippen molar-refractivity contribution in [3.8, 4) is 5.75 Å². The zero-order valence-electron chi connectivity index (χ0n) is 15.7. The van der Waals surface area contributed by atoms with Gasteiger partial charge in [-0.1, -0.05) is 55.0 Å². The molecule has 0 aliphatic heterocycles. The first-order chi connectivity index (χ1) is 13.1. The highest BCUT2D eigenvalue weighted by Gasteiger charge is 2.47. The van der Waals surface area contributed by atoms with Crippen LogP contribution in [0.3, 0.4) is 0 Å². The van der Waals surface area contributed by atoms with Crippen LogP contribution in [0.25, 0.3) is 0 Å². The number of benzene rings is 2. The van der Waals surface area contributed by atoms with E-state index >= 15 is 0 Å². The molecule has 0 spiro atoms.